The molecule has 2 rings (SSSR count). The Labute approximate surface area is 137 Å². The Balaban J connectivity index is 2.62. The summed E-state index contributed by atoms with van der Waals surface area (Å²) in [7, 11) is 0. The maximum Gasteiger partial charge on any atom is 0.184 e. The van der Waals surface area contributed by atoms with Gasteiger partial charge in [0.25, 0.3) is 0 Å². The van der Waals surface area contributed by atoms with Gasteiger partial charge < -0.3 is 11.5 Å². The van der Waals surface area contributed by atoms with Crippen molar-refractivity contribution in [3.63, 3.8) is 0 Å². The summed E-state index contributed by atoms with van der Waals surface area (Å²) in [4.78, 5) is 0. The van der Waals surface area contributed by atoms with E-state index in [9.17, 15) is 0 Å². The number of nitrogens with one attached hydrogen (secondary N) is 1. The fourth-order valence-electron chi connectivity index (χ4n) is 1.76. The number of nitrogens with zero attached hydrogens (tertiary/aromatic N) is 1. The van der Waals surface area contributed by atoms with Gasteiger partial charge in [-0.1, -0.05) is 41.4 Å². The largest absolute Gasteiger partial charge is 0.398 e. The molecular weight excluding hydrogens is 327 g/mol. The van der Waals surface area contributed by atoms with Crippen molar-refractivity contribution in [3.05, 3.63) is 63.6 Å². The molecule has 0 aliphatic rings. The molecule has 0 spiro atoms. The van der Waals surface area contributed by atoms with Gasteiger partial charge in [-0.25, -0.2) is 0 Å². The Bertz CT molecular complexity index is 716. The maximum absolute atomic E-state index is 6.23. The number of benzene rings is 2. The van der Waals surface area contributed by atoms with Gasteiger partial charge in [0, 0.05) is 21.8 Å². The summed E-state index contributed by atoms with van der Waals surface area (Å²) in [6.07, 6.45) is 0. The average Bonchev–Trinajstić information content (AvgIpc) is 2.44. The summed E-state index contributed by atoms with van der Waals surface area (Å²) in [5.41, 5.74) is 16.3. The first-order valence-corrected chi connectivity index (χ1v) is 7.09. The van der Waals surface area contributed by atoms with Crippen LogP contribution in [0.15, 0.2) is 47.6 Å². The van der Waals surface area contributed by atoms with Crippen LogP contribution in [0.25, 0.3) is 0 Å². The van der Waals surface area contributed by atoms with Crippen LogP contribution in [-0.2, 0) is 0 Å². The molecule has 0 bridgehead atoms. The van der Waals surface area contributed by atoms with Gasteiger partial charge in [0.05, 0.1) is 5.02 Å². The summed E-state index contributed by atoms with van der Waals surface area (Å²) in [5.74, 6) is 0. The number of anilines is 1. The minimum absolute atomic E-state index is 0.0418. The van der Waals surface area contributed by atoms with E-state index in [1.54, 1.807) is 24.3 Å². The number of hydrogen-bond acceptors (Lipinski definition) is 3. The van der Waals surface area contributed by atoms with Crippen molar-refractivity contribution in [2.75, 3.05) is 5.73 Å². The van der Waals surface area contributed by atoms with Gasteiger partial charge in [-0.15, -0.1) is 0 Å². The molecule has 2 aromatic carbocycles. The van der Waals surface area contributed by atoms with Gasteiger partial charge in [0.15, 0.2) is 5.11 Å². The lowest BCUT2D eigenvalue weighted by atomic mass is 10.0. The molecule has 0 heterocycles. The molecule has 0 aliphatic carbocycles. The standard InChI is InChI=1S/C14H12Cl2N4S/c15-8-5-6-12(17)10(7-8)13(19-20-14(18)21)9-3-1-2-4-11(9)16/h1-7H,17H2,(H3,18,20,21). The van der Waals surface area contributed by atoms with E-state index in [1.807, 2.05) is 18.2 Å². The quantitative estimate of drug-likeness (QED) is 0.347. The van der Waals surface area contributed by atoms with Gasteiger partial charge in [-0.2, -0.15) is 5.10 Å². The zero-order valence-electron chi connectivity index (χ0n) is 10.8. The minimum atomic E-state index is 0.0418. The molecule has 5 N–H and O–H groups in total. The second kappa shape index (κ2) is 6.76. The van der Waals surface area contributed by atoms with E-state index in [0.717, 1.165) is 0 Å². The van der Waals surface area contributed by atoms with Gasteiger partial charge in [0.1, 0.15) is 5.71 Å². The Morgan fingerprint density at radius 1 is 1.10 bits per heavy atom. The number of nitrogens with two attached hydrogens (primary N) is 2. The summed E-state index contributed by atoms with van der Waals surface area (Å²) in [5, 5.41) is 5.31. The summed E-state index contributed by atoms with van der Waals surface area (Å²) in [6.45, 7) is 0. The predicted molar refractivity (Wildman–Crippen MR) is 92.9 cm³/mol. The Morgan fingerprint density at radius 2 is 1.81 bits per heavy atom. The second-order valence-electron chi connectivity index (χ2n) is 4.15. The lowest BCUT2D eigenvalue weighted by Gasteiger charge is -2.12. The van der Waals surface area contributed by atoms with Crippen molar-refractivity contribution in [2.24, 2.45) is 10.8 Å². The third-order valence-electron chi connectivity index (χ3n) is 2.68. The van der Waals surface area contributed by atoms with E-state index >= 15 is 0 Å². The van der Waals surface area contributed by atoms with Crippen LogP contribution in [0.2, 0.25) is 10.0 Å². The molecule has 4 nitrogen and oxygen atoms in total. The van der Waals surface area contributed by atoms with Crippen molar-refractivity contribution in [1.29, 1.82) is 0 Å². The van der Waals surface area contributed by atoms with Crippen LogP contribution in [-0.4, -0.2) is 10.8 Å². The molecule has 0 saturated carbocycles. The smallest absolute Gasteiger partial charge is 0.184 e. The molecule has 0 aliphatic heterocycles. The van der Waals surface area contributed by atoms with Crippen LogP contribution in [0.1, 0.15) is 11.1 Å². The predicted octanol–water partition coefficient (Wildman–Crippen LogP) is 3.16. The zero-order valence-corrected chi connectivity index (χ0v) is 13.1. The Kier molecular flexibility index (Phi) is 5.01. The van der Waals surface area contributed by atoms with E-state index in [-0.39, 0.29) is 5.11 Å². The highest BCUT2D eigenvalue weighted by atomic mass is 35.5. The van der Waals surface area contributed by atoms with Gasteiger partial charge in [-0.05, 0) is 36.5 Å². The normalized spacial score (nSPS) is 11.2. The molecule has 21 heavy (non-hydrogen) atoms. The van der Waals surface area contributed by atoms with Crippen LogP contribution < -0.4 is 16.9 Å². The van der Waals surface area contributed by atoms with Crippen molar-refractivity contribution in [3.8, 4) is 0 Å². The van der Waals surface area contributed by atoms with Gasteiger partial charge >= 0.3 is 0 Å². The highest BCUT2D eigenvalue weighted by Crippen LogP contribution is 2.25. The fraction of sp³-hybridized carbons (Fsp3) is 0. The van der Waals surface area contributed by atoms with E-state index in [1.165, 1.54) is 0 Å². The molecule has 0 amide bonds. The molecule has 0 unspecified atom stereocenters. The number of halogens is 2. The summed E-state index contributed by atoms with van der Waals surface area (Å²) in [6, 6.07) is 12.4. The second-order valence-corrected chi connectivity index (χ2v) is 5.43. The lowest BCUT2D eigenvalue weighted by molar-refractivity contribution is 1.03. The first-order valence-electron chi connectivity index (χ1n) is 5.92. The Morgan fingerprint density at radius 3 is 2.48 bits per heavy atom. The van der Waals surface area contributed by atoms with Crippen LogP contribution in [0.5, 0.6) is 0 Å². The molecule has 2 aromatic rings. The van der Waals surface area contributed by atoms with Crippen molar-refractivity contribution >= 4 is 51.9 Å². The highest BCUT2D eigenvalue weighted by Gasteiger charge is 2.14. The molecule has 0 fully saturated rings. The first-order chi connectivity index (χ1) is 9.99. The van der Waals surface area contributed by atoms with Crippen LogP contribution in [0, 0.1) is 0 Å². The first kappa shape index (κ1) is 15.6. The minimum Gasteiger partial charge on any atom is -0.398 e. The molecule has 108 valence electrons. The monoisotopic (exact) mass is 338 g/mol. The van der Waals surface area contributed by atoms with E-state index in [4.69, 9.17) is 46.9 Å². The molecular formula is C14H12Cl2N4S. The molecule has 0 aromatic heterocycles. The van der Waals surface area contributed by atoms with Crippen molar-refractivity contribution < 1.29 is 0 Å². The van der Waals surface area contributed by atoms with Crippen LogP contribution in [0.4, 0.5) is 5.69 Å². The highest BCUT2D eigenvalue weighted by molar-refractivity contribution is 7.80. The number of thiocarbonyl (C=S) groups is 1. The third-order valence-corrected chi connectivity index (χ3v) is 3.33. The van der Waals surface area contributed by atoms with Crippen LogP contribution >= 0.6 is 35.4 Å². The van der Waals surface area contributed by atoms with Gasteiger partial charge in [-0.3, -0.25) is 5.43 Å². The van der Waals surface area contributed by atoms with Crippen LogP contribution in [0.3, 0.4) is 0 Å². The van der Waals surface area contributed by atoms with E-state index < -0.39 is 0 Å². The third kappa shape index (κ3) is 3.85. The van der Waals surface area contributed by atoms with E-state index in [2.05, 4.69) is 10.5 Å². The van der Waals surface area contributed by atoms with Crippen molar-refractivity contribution in [2.45, 2.75) is 0 Å². The number of hydrogen-bond donors (Lipinski definition) is 3. The Hall–Kier alpha value is -1.82. The molecule has 0 radical (unpaired) electrons. The molecule has 0 atom stereocenters. The summed E-state index contributed by atoms with van der Waals surface area (Å²) >= 11 is 17.0. The van der Waals surface area contributed by atoms with E-state index in [0.29, 0.717) is 32.6 Å². The topological polar surface area (TPSA) is 76.4 Å². The summed E-state index contributed by atoms with van der Waals surface area (Å²) < 4.78 is 0. The number of rotatable bonds is 3. The fourth-order valence-corrected chi connectivity index (χ4v) is 2.21. The van der Waals surface area contributed by atoms with Gasteiger partial charge in [0.2, 0.25) is 0 Å². The number of hydrazone groups is 1. The number of nitrogen functional groups attached to an aromatic ring is 1. The lowest BCUT2D eigenvalue weighted by Crippen LogP contribution is -2.26. The molecule has 7 heteroatoms. The average molecular weight is 339 g/mol. The SMILES string of the molecule is NC(=S)NN=C(c1cc(Cl)ccc1N)c1ccccc1Cl. The maximum atomic E-state index is 6.23. The van der Waals surface area contributed by atoms with Crippen molar-refractivity contribution in [1.82, 2.24) is 5.43 Å². The molecule has 0 saturated heterocycles. The zero-order chi connectivity index (χ0) is 15.4.